The van der Waals surface area contributed by atoms with Crippen molar-refractivity contribution in [2.75, 3.05) is 40.8 Å². The average Bonchev–Trinajstić information content (AvgIpc) is 3.29. The van der Waals surface area contributed by atoms with Gasteiger partial charge in [0.15, 0.2) is 12.6 Å². The van der Waals surface area contributed by atoms with Gasteiger partial charge >= 0.3 is 12.0 Å². The number of methoxy groups -OCH3 is 1. The number of likely N-dealkylation sites (N-methyl/N-ethyl adjacent to an activating group) is 1. The zero-order valence-corrected chi connectivity index (χ0v) is 43.6. The lowest BCUT2D eigenvalue weighted by Crippen LogP contribution is -2.60. The summed E-state index contributed by atoms with van der Waals surface area (Å²) in [6.07, 6.45) is -9.22. The lowest BCUT2D eigenvalue weighted by atomic mass is 9.77. The van der Waals surface area contributed by atoms with Gasteiger partial charge in [0.1, 0.15) is 30.0 Å². The molecule has 7 N–H and O–H groups in total. The summed E-state index contributed by atoms with van der Waals surface area (Å²) in [5, 5.41) is 68.3. The Labute approximate surface area is 410 Å². The van der Waals surface area contributed by atoms with E-state index in [1.165, 1.54) is 14.0 Å². The summed E-state index contributed by atoms with van der Waals surface area (Å²) in [7, 11) is 5.25. The molecule has 17 nitrogen and oxygen atoms in total. The van der Waals surface area contributed by atoms with Gasteiger partial charge in [0.25, 0.3) is 0 Å². The van der Waals surface area contributed by atoms with Crippen LogP contribution in [0, 0.1) is 17.8 Å². The van der Waals surface area contributed by atoms with Crippen molar-refractivity contribution in [1.29, 1.82) is 0 Å². The quantitative estimate of drug-likeness (QED) is 0.146. The molecular formula is C52H86N4O13. The second kappa shape index (κ2) is 23.7. The summed E-state index contributed by atoms with van der Waals surface area (Å²) in [4.78, 5) is 31.9. The molecule has 69 heavy (non-hydrogen) atoms. The minimum atomic E-state index is -1.95. The highest BCUT2D eigenvalue weighted by atomic mass is 16.7. The number of nitrogens with zero attached hydrogens (tertiary/aromatic N) is 2. The molecular weight excluding hydrogens is 889 g/mol. The number of esters is 1. The smallest absolute Gasteiger partial charge is 0.315 e. The third kappa shape index (κ3) is 13.3. The van der Waals surface area contributed by atoms with Crippen molar-refractivity contribution in [3.63, 3.8) is 0 Å². The van der Waals surface area contributed by atoms with Crippen molar-refractivity contribution in [2.45, 2.75) is 198 Å². The number of nitrogens with one attached hydrogen (secondary N) is 2. The maximum atomic E-state index is 14.6. The van der Waals surface area contributed by atoms with Gasteiger partial charge in [-0.3, -0.25) is 9.69 Å². The van der Waals surface area contributed by atoms with Crippen molar-refractivity contribution >= 4 is 22.8 Å². The number of aliphatic hydroxyl groups is 5. The highest BCUT2D eigenvalue weighted by Gasteiger charge is 2.53. The fraction of sp³-hybridized carbons (Fsp3) is 0.769. The Balaban J connectivity index is 1.49. The summed E-state index contributed by atoms with van der Waals surface area (Å²) >= 11 is 0. The van der Waals surface area contributed by atoms with Crippen LogP contribution in [0.25, 0.3) is 10.8 Å². The number of carbonyl (C=O) groups is 2. The standard InChI is InChI=1S/C52H86N4O13/c1-15-40-52(11,63)44(58)34(7)56(24-23-53-49(61)54-33(6)37-22-18-20-36-19-16-17-21-38(36)37)28-29(2)26-50(9,62)46(69-48-42(57)39(55(12)13)25-30(3)65-48)31(4)43(32(5)47(60)67-40)68-41-27-51(10,64-14)45(59)35(8)66-41/h16-22,29-35,39-46,48,57-59,62-63H,15,23-28H2,1-14H3,(H2,53,54,61)/t29-,30-,31+,32-,33?,34-,35+,39+,40-,41+,42-,43+,44-,45+,46-,48+,50-,51-,52-/m1/s1. The van der Waals surface area contributed by atoms with E-state index in [1.807, 2.05) is 87.1 Å². The van der Waals surface area contributed by atoms with Gasteiger partial charge in [0.2, 0.25) is 0 Å². The topological polar surface area (TPSA) is 221 Å². The van der Waals surface area contributed by atoms with Crippen LogP contribution in [0.2, 0.25) is 0 Å². The van der Waals surface area contributed by atoms with Crippen LogP contribution in [-0.4, -0.2) is 178 Å². The number of amides is 2. The van der Waals surface area contributed by atoms with Crippen molar-refractivity contribution in [3.8, 4) is 0 Å². The van der Waals surface area contributed by atoms with Crippen LogP contribution in [0.3, 0.4) is 0 Å². The van der Waals surface area contributed by atoms with Gasteiger partial charge in [-0.2, -0.15) is 0 Å². The van der Waals surface area contributed by atoms with E-state index in [2.05, 4.69) is 10.6 Å². The second-order valence-electron chi connectivity index (χ2n) is 21.4. The lowest BCUT2D eigenvalue weighted by molar-refractivity contribution is -0.318. The van der Waals surface area contributed by atoms with Crippen molar-refractivity contribution in [2.24, 2.45) is 17.8 Å². The molecule has 2 aromatic carbocycles. The number of fused-ring (bicyclic) bond motifs is 1. The number of aliphatic hydroxyl groups excluding tert-OH is 3. The molecule has 5 rings (SSSR count). The summed E-state index contributed by atoms with van der Waals surface area (Å²) in [6, 6.07) is 12.2. The molecule has 2 amide bonds. The summed E-state index contributed by atoms with van der Waals surface area (Å²) < 4.78 is 38.1. The molecule has 1 unspecified atom stereocenters. The molecule has 0 spiro atoms. The van der Waals surface area contributed by atoms with Gasteiger partial charge in [-0.15, -0.1) is 0 Å². The van der Waals surface area contributed by atoms with Crippen LogP contribution < -0.4 is 10.6 Å². The molecule has 2 aromatic rings. The van der Waals surface area contributed by atoms with Crippen LogP contribution in [-0.2, 0) is 33.2 Å². The van der Waals surface area contributed by atoms with E-state index in [-0.39, 0.29) is 62.5 Å². The van der Waals surface area contributed by atoms with E-state index in [0.717, 1.165) is 16.3 Å². The zero-order valence-electron chi connectivity index (χ0n) is 43.6. The number of rotatable bonds is 12. The van der Waals surface area contributed by atoms with Gasteiger partial charge < -0.3 is 69.5 Å². The van der Waals surface area contributed by atoms with Crippen molar-refractivity contribution in [3.05, 3.63) is 48.0 Å². The number of ether oxygens (including phenoxy) is 6. The first-order valence-electron chi connectivity index (χ1n) is 25.0. The van der Waals surface area contributed by atoms with E-state index < -0.39 is 96.0 Å². The van der Waals surface area contributed by atoms with Crippen LogP contribution in [0.4, 0.5) is 4.79 Å². The first kappa shape index (κ1) is 56.9. The number of cyclic esters (lactones) is 1. The number of carbonyl (C=O) groups excluding carboxylic acids is 2. The van der Waals surface area contributed by atoms with E-state index in [9.17, 15) is 35.1 Å². The molecule has 0 radical (unpaired) electrons. The molecule has 0 saturated carbocycles. The fourth-order valence-electron chi connectivity index (χ4n) is 11.2. The zero-order chi connectivity index (χ0) is 51.3. The Bertz CT molecular complexity index is 1970. The van der Waals surface area contributed by atoms with Crippen molar-refractivity contribution in [1.82, 2.24) is 20.4 Å². The third-order valence-corrected chi connectivity index (χ3v) is 15.4. The number of benzene rings is 2. The van der Waals surface area contributed by atoms with Gasteiger partial charge in [-0.05, 0) is 111 Å². The Morgan fingerprint density at radius 3 is 2.26 bits per heavy atom. The Kier molecular flexibility index (Phi) is 19.5. The predicted octanol–water partition coefficient (Wildman–Crippen LogP) is 4.48. The highest BCUT2D eigenvalue weighted by Crippen LogP contribution is 2.40. The summed E-state index contributed by atoms with van der Waals surface area (Å²) in [5.41, 5.74) is -3.72. The summed E-state index contributed by atoms with van der Waals surface area (Å²) in [5.74, 6) is -2.95. The average molecular weight is 975 g/mol. The third-order valence-electron chi connectivity index (χ3n) is 15.4. The van der Waals surface area contributed by atoms with Gasteiger partial charge in [-0.1, -0.05) is 63.2 Å². The summed E-state index contributed by atoms with van der Waals surface area (Å²) in [6.45, 7) is 20.1. The maximum Gasteiger partial charge on any atom is 0.315 e. The van der Waals surface area contributed by atoms with Crippen LogP contribution in [0.15, 0.2) is 42.5 Å². The molecule has 3 fully saturated rings. The lowest BCUT2D eigenvalue weighted by Gasteiger charge is -2.48. The van der Waals surface area contributed by atoms with Crippen LogP contribution in [0.5, 0.6) is 0 Å². The number of hydrogen-bond acceptors (Lipinski definition) is 15. The molecule has 17 heteroatoms. The Morgan fingerprint density at radius 2 is 1.61 bits per heavy atom. The van der Waals surface area contributed by atoms with Crippen LogP contribution >= 0.6 is 0 Å². The molecule has 3 aliphatic heterocycles. The van der Waals surface area contributed by atoms with E-state index in [1.54, 1.807) is 48.5 Å². The first-order chi connectivity index (χ1) is 32.3. The van der Waals surface area contributed by atoms with E-state index in [4.69, 9.17) is 28.4 Å². The first-order valence-corrected chi connectivity index (χ1v) is 25.0. The van der Waals surface area contributed by atoms with Crippen molar-refractivity contribution < 1.29 is 63.5 Å². The molecule has 19 atom stereocenters. The fourth-order valence-corrected chi connectivity index (χ4v) is 11.2. The predicted molar refractivity (Wildman–Crippen MR) is 262 cm³/mol. The molecule has 0 aliphatic carbocycles. The monoisotopic (exact) mass is 975 g/mol. The largest absolute Gasteiger partial charge is 0.459 e. The number of hydrogen-bond donors (Lipinski definition) is 7. The molecule has 0 aromatic heterocycles. The molecule has 392 valence electrons. The minimum Gasteiger partial charge on any atom is -0.459 e. The molecule has 3 aliphatic rings. The molecule has 3 heterocycles. The molecule has 0 bridgehead atoms. The molecule has 3 saturated heterocycles. The van der Waals surface area contributed by atoms with Gasteiger partial charge in [-0.25, -0.2) is 4.79 Å². The Morgan fingerprint density at radius 1 is 0.942 bits per heavy atom. The second-order valence-corrected chi connectivity index (χ2v) is 21.4. The van der Waals surface area contributed by atoms with Gasteiger partial charge in [0, 0.05) is 51.2 Å². The van der Waals surface area contributed by atoms with Gasteiger partial charge in [0.05, 0.1) is 47.6 Å². The van der Waals surface area contributed by atoms with E-state index in [0.29, 0.717) is 13.0 Å². The minimum absolute atomic E-state index is 0.0946. The SMILES string of the molecule is CC[C@H]1OC(=O)[C@H](C)[C@@H](O[C@H]2C[C@@](C)(OC)[C@@H](O)[C@H](C)O2)[C@H](C)[C@@H](O[C@@H]2O[C@H](C)C[C@H](N(C)C)[C@H]2O)[C@](C)(O)C[C@@H](C)CN(CCNC(=O)NC(C)c2cccc3ccccc23)[C@H](C)[C@@H](O)[C@]1(C)O. The highest BCUT2D eigenvalue weighted by molar-refractivity contribution is 5.86. The van der Waals surface area contributed by atoms with Crippen LogP contribution in [0.1, 0.15) is 113 Å². The maximum absolute atomic E-state index is 14.6. The normalized spacial score (nSPS) is 40.6. The van der Waals surface area contributed by atoms with E-state index >= 15 is 0 Å². The Hall–Kier alpha value is -3.04. The number of urea groups is 1.